The minimum Gasteiger partial charge on any atom is -0.465 e. The van der Waals surface area contributed by atoms with Crippen molar-refractivity contribution in [2.24, 2.45) is 0 Å². The number of nitrogens with one attached hydrogen (secondary N) is 1. The first-order valence-electron chi connectivity index (χ1n) is 7.80. The smallest absolute Gasteiger partial charge is 0.266 e. The lowest BCUT2D eigenvalue weighted by atomic mass is 10.3. The van der Waals surface area contributed by atoms with E-state index in [1.165, 1.54) is 6.07 Å². The molecule has 7 nitrogen and oxygen atoms in total. The molecule has 0 spiro atoms. The Labute approximate surface area is 141 Å². The van der Waals surface area contributed by atoms with Crippen LogP contribution in [0, 0.1) is 13.8 Å². The number of rotatable bonds is 5. The number of nitrogens with zero attached hydrogens (tertiary/aromatic N) is 2. The third-order valence-electron chi connectivity index (χ3n) is 3.82. The van der Waals surface area contributed by atoms with Crippen LogP contribution in [0.25, 0.3) is 0 Å². The second-order valence-electron chi connectivity index (χ2n) is 5.79. The van der Waals surface area contributed by atoms with Crippen LogP contribution in [0.15, 0.2) is 33.6 Å². The maximum Gasteiger partial charge on any atom is 0.266 e. The fourth-order valence-electron chi connectivity index (χ4n) is 2.68. The molecule has 0 aromatic carbocycles. The third-order valence-corrected chi connectivity index (χ3v) is 5.28. The van der Waals surface area contributed by atoms with Crippen LogP contribution in [-0.4, -0.2) is 44.6 Å². The summed E-state index contributed by atoms with van der Waals surface area (Å²) in [5, 5.41) is 0. The molecule has 130 valence electrons. The third kappa shape index (κ3) is 3.95. The van der Waals surface area contributed by atoms with E-state index in [2.05, 4.69) is 14.6 Å². The molecule has 8 heteroatoms. The molecule has 2 aromatic rings. The molecule has 1 saturated heterocycles. The van der Waals surface area contributed by atoms with E-state index in [4.69, 9.17) is 9.15 Å². The number of hydrogen-bond donors (Lipinski definition) is 1. The summed E-state index contributed by atoms with van der Waals surface area (Å²) < 4.78 is 38.2. The molecule has 3 heterocycles. The second kappa shape index (κ2) is 6.92. The molecule has 0 amide bonds. The van der Waals surface area contributed by atoms with Crippen LogP contribution in [0.5, 0.6) is 0 Å². The van der Waals surface area contributed by atoms with Gasteiger partial charge in [-0.15, -0.1) is 0 Å². The SMILES string of the molecule is Cc1cc(S(=O)(=O)Nc2cccc(CN3CCOCC3)n2)c(C)o1. The van der Waals surface area contributed by atoms with E-state index >= 15 is 0 Å². The number of furan rings is 1. The van der Waals surface area contributed by atoms with E-state index in [1.807, 2.05) is 6.07 Å². The number of morpholine rings is 1. The van der Waals surface area contributed by atoms with E-state index < -0.39 is 10.0 Å². The number of pyridine rings is 1. The Morgan fingerprint density at radius 2 is 2.00 bits per heavy atom. The summed E-state index contributed by atoms with van der Waals surface area (Å²) in [6.45, 7) is 7.15. The highest BCUT2D eigenvalue weighted by atomic mass is 32.2. The van der Waals surface area contributed by atoms with Gasteiger partial charge in [-0.05, 0) is 26.0 Å². The summed E-state index contributed by atoms with van der Waals surface area (Å²) in [6.07, 6.45) is 0. The largest absolute Gasteiger partial charge is 0.465 e. The average Bonchev–Trinajstić information content (AvgIpc) is 2.88. The minimum atomic E-state index is -3.71. The van der Waals surface area contributed by atoms with Crippen LogP contribution in [0.4, 0.5) is 5.82 Å². The van der Waals surface area contributed by atoms with Crippen LogP contribution < -0.4 is 4.72 Å². The van der Waals surface area contributed by atoms with Crippen LogP contribution >= 0.6 is 0 Å². The first-order chi connectivity index (χ1) is 11.4. The normalized spacial score (nSPS) is 16.2. The number of sulfonamides is 1. The second-order valence-corrected chi connectivity index (χ2v) is 7.44. The zero-order valence-electron chi connectivity index (χ0n) is 13.8. The number of aryl methyl sites for hydroxylation is 2. The van der Waals surface area contributed by atoms with Gasteiger partial charge in [0.1, 0.15) is 22.2 Å². The van der Waals surface area contributed by atoms with Crippen LogP contribution in [0.3, 0.4) is 0 Å². The molecule has 1 aliphatic heterocycles. The Morgan fingerprint density at radius 1 is 1.25 bits per heavy atom. The highest BCUT2D eigenvalue weighted by molar-refractivity contribution is 7.92. The van der Waals surface area contributed by atoms with Gasteiger partial charge < -0.3 is 9.15 Å². The van der Waals surface area contributed by atoms with Gasteiger partial charge in [0, 0.05) is 25.7 Å². The van der Waals surface area contributed by atoms with Gasteiger partial charge in [-0.25, -0.2) is 13.4 Å². The quantitative estimate of drug-likeness (QED) is 0.886. The molecule has 3 rings (SSSR count). The molecule has 1 fully saturated rings. The van der Waals surface area contributed by atoms with Crippen molar-refractivity contribution < 1.29 is 17.6 Å². The minimum absolute atomic E-state index is 0.139. The Balaban J connectivity index is 1.75. The first kappa shape index (κ1) is 16.9. The molecule has 2 aromatic heterocycles. The molecule has 0 saturated carbocycles. The van der Waals surface area contributed by atoms with Crippen molar-refractivity contribution in [2.45, 2.75) is 25.3 Å². The number of aromatic nitrogens is 1. The molecule has 1 aliphatic rings. The van der Waals surface area contributed by atoms with Gasteiger partial charge in [0.2, 0.25) is 0 Å². The van der Waals surface area contributed by atoms with Crippen molar-refractivity contribution in [1.29, 1.82) is 0 Å². The zero-order chi connectivity index (χ0) is 17.2. The molecule has 24 heavy (non-hydrogen) atoms. The lowest BCUT2D eigenvalue weighted by Crippen LogP contribution is -2.35. The summed E-state index contributed by atoms with van der Waals surface area (Å²) in [6, 6.07) is 6.84. The van der Waals surface area contributed by atoms with E-state index in [0.29, 0.717) is 37.1 Å². The van der Waals surface area contributed by atoms with E-state index in [-0.39, 0.29) is 4.90 Å². The van der Waals surface area contributed by atoms with Crippen molar-refractivity contribution in [3.8, 4) is 0 Å². The fraction of sp³-hybridized carbons (Fsp3) is 0.438. The van der Waals surface area contributed by atoms with Gasteiger partial charge in [-0.2, -0.15) is 0 Å². The van der Waals surface area contributed by atoms with Crippen LogP contribution in [0.1, 0.15) is 17.2 Å². The standard InChI is InChI=1S/C16H21N3O4S/c1-12-10-15(13(2)23-12)24(20,21)18-16-5-3-4-14(17-16)11-19-6-8-22-9-7-19/h3-5,10H,6-9,11H2,1-2H3,(H,17,18). The summed E-state index contributed by atoms with van der Waals surface area (Å²) in [4.78, 5) is 6.78. The van der Waals surface area contributed by atoms with Gasteiger partial charge in [-0.3, -0.25) is 9.62 Å². The van der Waals surface area contributed by atoms with Crippen molar-refractivity contribution >= 4 is 15.8 Å². The molecule has 0 unspecified atom stereocenters. The Morgan fingerprint density at radius 3 is 2.67 bits per heavy atom. The molecular weight excluding hydrogens is 330 g/mol. The molecule has 0 aliphatic carbocycles. The van der Waals surface area contributed by atoms with E-state index in [9.17, 15) is 8.42 Å². The predicted octanol–water partition coefficient (Wildman–Crippen LogP) is 1.92. The summed E-state index contributed by atoms with van der Waals surface area (Å²) >= 11 is 0. The number of hydrogen-bond acceptors (Lipinski definition) is 6. The topological polar surface area (TPSA) is 84.7 Å². The van der Waals surface area contributed by atoms with Crippen LogP contribution in [-0.2, 0) is 21.3 Å². The summed E-state index contributed by atoms with van der Waals surface area (Å²) in [5.41, 5.74) is 0.817. The number of ether oxygens (including phenoxy) is 1. The predicted molar refractivity (Wildman–Crippen MR) is 89.3 cm³/mol. The molecule has 0 atom stereocenters. The highest BCUT2D eigenvalue weighted by Gasteiger charge is 2.21. The zero-order valence-corrected chi connectivity index (χ0v) is 14.6. The molecule has 0 radical (unpaired) electrons. The number of anilines is 1. The van der Waals surface area contributed by atoms with Crippen LogP contribution in [0.2, 0.25) is 0 Å². The summed E-state index contributed by atoms with van der Waals surface area (Å²) in [7, 11) is -3.71. The first-order valence-corrected chi connectivity index (χ1v) is 9.28. The van der Waals surface area contributed by atoms with E-state index in [0.717, 1.165) is 18.8 Å². The lowest BCUT2D eigenvalue weighted by Gasteiger charge is -2.26. The Hall–Kier alpha value is -1.90. The van der Waals surface area contributed by atoms with Crippen molar-refractivity contribution in [2.75, 3.05) is 31.0 Å². The monoisotopic (exact) mass is 351 g/mol. The van der Waals surface area contributed by atoms with Gasteiger partial charge in [0.15, 0.2) is 0 Å². The molecular formula is C16H21N3O4S. The van der Waals surface area contributed by atoms with Gasteiger partial charge in [0.25, 0.3) is 10.0 Å². The van der Waals surface area contributed by atoms with Gasteiger partial charge >= 0.3 is 0 Å². The molecule has 0 bridgehead atoms. The van der Waals surface area contributed by atoms with Gasteiger partial charge in [-0.1, -0.05) is 6.07 Å². The van der Waals surface area contributed by atoms with Gasteiger partial charge in [0.05, 0.1) is 18.9 Å². The summed E-state index contributed by atoms with van der Waals surface area (Å²) in [5.74, 6) is 1.23. The highest BCUT2D eigenvalue weighted by Crippen LogP contribution is 2.22. The maximum atomic E-state index is 12.5. The Bertz CT molecular complexity index is 810. The average molecular weight is 351 g/mol. The fourth-order valence-corrected chi connectivity index (χ4v) is 3.92. The van der Waals surface area contributed by atoms with E-state index in [1.54, 1.807) is 26.0 Å². The Kier molecular flexibility index (Phi) is 4.88. The van der Waals surface area contributed by atoms with Crippen molar-refractivity contribution in [1.82, 2.24) is 9.88 Å². The lowest BCUT2D eigenvalue weighted by molar-refractivity contribution is 0.0337. The molecule has 1 N–H and O–H groups in total. The van der Waals surface area contributed by atoms with Crippen molar-refractivity contribution in [3.05, 3.63) is 41.5 Å². The van der Waals surface area contributed by atoms with Crippen molar-refractivity contribution in [3.63, 3.8) is 0 Å². The maximum absolute atomic E-state index is 12.5.